The van der Waals surface area contributed by atoms with E-state index < -0.39 is 0 Å². The number of aryl methyl sites for hydroxylation is 1. The molecule has 3 nitrogen and oxygen atoms in total. The minimum Gasteiger partial charge on any atom is -0.504 e. The predicted molar refractivity (Wildman–Crippen MR) is 82.8 cm³/mol. The minimum absolute atomic E-state index is 0.188. The van der Waals surface area contributed by atoms with Crippen molar-refractivity contribution in [3.8, 4) is 11.5 Å². The van der Waals surface area contributed by atoms with E-state index in [0.29, 0.717) is 23.9 Å². The molecular formula is C16H18ClNO2. The predicted octanol–water partition coefficient (Wildman–Crippen LogP) is 4.36. The average molecular weight is 292 g/mol. The monoisotopic (exact) mass is 291 g/mol. The lowest BCUT2D eigenvalue weighted by molar-refractivity contribution is 0.317. The first-order chi connectivity index (χ1) is 9.61. The summed E-state index contributed by atoms with van der Waals surface area (Å²) < 4.78 is 5.37. The Hall–Kier alpha value is -1.87. The lowest BCUT2D eigenvalue weighted by atomic mass is 10.1. The van der Waals surface area contributed by atoms with E-state index in [0.717, 1.165) is 16.8 Å². The Morgan fingerprint density at radius 2 is 2.05 bits per heavy atom. The summed E-state index contributed by atoms with van der Waals surface area (Å²) in [7, 11) is 0. The number of para-hydroxylation sites is 1. The van der Waals surface area contributed by atoms with Crippen molar-refractivity contribution < 1.29 is 9.84 Å². The van der Waals surface area contributed by atoms with Gasteiger partial charge in [-0.15, -0.1) is 0 Å². The molecule has 0 bridgehead atoms. The summed E-state index contributed by atoms with van der Waals surface area (Å²) in [5.74, 6) is 0.702. The highest BCUT2D eigenvalue weighted by Gasteiger charge is 2.08. The quantitative estimate of drug-likeness (QED) is 0.860. The summed E-state index contributed by atoms with van der Waals surface area (Å²) in [4.78, 5) is 0. The van der Waals surface area contributed by atoms with Crippen molar-refractivity contribution >= 4 is 17.3 Å². The fourth-order valence-electron chi connectivity index (χ4n) is 2.00. The van der Waals surface area contributed by atoms with E-state index in [1.165, 1.54) is 0 Å². The van der Waals surface area contributed by atoms with E-state index in [2.05, 4.69) is 5.32 Å². The van der Waals surface area contributed by atoms with Crippen LogP contribution in [0.5, 0.6) is 11.5 Å². The Kier molecular flexibility index (Phi) is 4.74. The molecule has 0 heterocycles. The van der Waals surface area contributed by atoms with Crippen molar-refractivity contribution in [2.24, 2.45) is 0 Å². The topological polar surface area (TPSA) is 41.5 Å². The molecule has 4 heteroatoms. The second-order valence-electron chi connectivity index (χ2n) is 4.51. The van der Waals surface area contributed by atoms with E-state index in [1.54, 1.807) is 6.07 Å². The zero-order valence-corrected chi connectivity index (χ0v) is 12.4. The number of halogens is 1. The summed E-state index contributed by atoms with van der Waals surface area (Å²) in [6.07, 6.45) is 0. The van der Waals surface area contributed by atoms with Crippen LogP contribution < -0.4 is 10.1 Å². The number of phenolic OH excluding ortho intramolecular Hbond substituents is 1. The molecule has 2 aromatic carbocycles. The van der Waals surface area contributed by atoms with Gasteiger partial charge in [0.15, 0.2) is 11.5 Å². The summed E-state index contributed by atoms with van der Waals surface area (Å²) in [5, 5.41) is 14.1. The Balaban J connectivity index is 2.12. The normalized spacial score (nSPS) is 10.3. The number of ether oxygens (including phenoxy) is 1. The van der Waals surface area contributed by atoms with Crippen LogP contribution in [0.25, 0.3) is 0 Å². The van der Waals surface area contributed by atoms with Gasteiger partial charge in [-0.3, -0.25) is 0 Å². The molecule has 0 saturated carbocycles. The number of benzene rings is 2. The van der Waals surface area contributed by atoms with Crippen LogP contribution >= 0.6 is 11.6 Å². The maximum absolute atomic E-state index is 10.1. The third kappa shape index (κ3) is 3.36. The van der Waals surface area contributed by atoms with Gasteiger partial charge in [-0.1, -0.05) is 23.7 Å². The zero-order chi connectivity index (χ0) is 14.5. The minimum atomic E-state index is 0.188. The highest BCUT2D eigenvalue weighted by molar-refractivity contribution is 6.30. The summed E-state index contributed by atoms with van der Waals surface area (Å²) in [6, 6.07) is 11.2. The van der Waals surface area contributed by atoms with Gasteiger partial charge < -0.3 is 15.2 Å². The number of nitrogens with one attached hydrogen (secondary N) is 1. The number of phenols is 1. The summed E-state index contributed by atoms with van der Waals surface area (Å²) in [6.45, 7) is 4.93. The molecule has 0 unspecified atom stereocenters. The number of hydrogen-bond acceptors (Lipinski definition) is 3. The molecule has 2 rings (SSSR count). The number of hydrogen-bond donors (Lipinski definition) is 2. The number of anilines is 1. The highest BCUT2D eigenvalue weighted by Crippen LogP contribution is 2.30. The Morgan fingerprint density at radius 1 is 1.25 bits per heavy atom. The molecule has 0 aliphatic carbocycles. The summed E-state index contributed by atoms with van der Waals surface area (Å²) >= 11 is 5.93. The van der Waals surface area contributed by atoms with Crippen molar-refractivity contribution in [3.05, 3.63) is 52.5 Å². The molecule has 106 valence electrons. The van der Waals surface area contributed by atoms with Gasteiger partial charge in [-0.05, 0) is 43.7 Å². The highest BCUT2D eigenvalue weighted by atomic mass is 35.5. The van der Waals surface area contributed by atoms with Gasteiger partial charge in [0.1, 0.15) is 0 Å². The van der Waals surface area contributed by atoms with Crippen LogP contribution in [-0.4, -0.2) is 11.7 Å². The van der Waals surface area contributed by atoms with E-state index in [4.69, 9.17) is 16.3 Å². The van der Waals surface area contributed by atoms with Crippen LogP contribution in [-0.2, 0) is 6.54 Å². The average Bonchev–Trinajstić information content (AvgIpc) is 2.42. The maximum Gasteiger partial charge on any atom is 0.162 e. The first-order valence-electron chi connectivity index (χ1n) is 6.55. The third-order valence-electron chi connectivity index (χ3n) is 3.04. The molecule has 2 N–H and O–H groups in total. The van der Waals surface area contributed by atoms with Gasteiger partial charge in [0.2, 0.25) is 0 Å². The molecule has 0 aliphatic rings. The third-order valence-corrected chi connectivity index (χ3v) is 3.28. The van der Waals surface area contributed by atoms with Crippen molar-refractivity contribution in [1.29, 1.82) is 0 Å². The van der Waals surface area contributed by atoms with Gasteiger partial charge >= 0.3 is 0 Å². The molecule has 0 atom stereocenters. The maximum atomic E-state index is 10.1. The van der Waals surface area contributed by atoms with Crippen LogP contribution in [0, 0.1) is 6.92 Å². The van der Waals surface area contributed by atoms with Crippen molar-refractivity contribution in [2.75, 3.05) is 11.9 Å². The fraction of sp³-hybridized carbons (Fsp3) is 0.250. The molecule has 0 aromatic heterocycles. The molecule has 20 heavy (non-hydrogen) atoms. The Labute approximate surface area is 124 Å². The van der Waals surface area contributed by atoms with Crippen LogP contribution in [0.3, 0.4) is 0 Å². The van der Waals surface area contributed by atoms with Crippen molar-refractivity contribution in [3.63, 3.8) is 0 Å². The van der Waals surface area contributed by atoms with E-state index in [1.807, 2.05) is 44.2 Å². The second kappa shape index (κ2) is 6.53. The van der Waals surface area contributed by atoms with Gasteiger partial charge in [0.25, 0.3) is 0 Å². The van der Waals surface area contributed by atoms with E-state index in [9.17, 15) is 5.11 Å². The number of rotatable bonds is 5. The smallest absolute Gasteiger partial charge is 0.162 e. The SMILES string of the molecule is CCOc1cccc(CNc2ccc(Cl)cc2C)c1O. The molecule has 0 fully saturated rings. The first-order valence-corrected chi connectivity index (χ1v) is 6.93. The molecule has 0 amide bonds. The fourth-order valence-corrected chi connectivity index (χ4v) is 2.22. The van der Waals surface area contributed by atoms with Gasteiger partial charge in [-0.2, -0.15) is 0 Å². The van der Waals surface area contributed by atoms with Crippen LogP contribution in [0.1, 0.15) is 18.1 Å². The van der Waals surface area contributed by atoms with E-state index >= 15 is 0 Å². The molecule has 0 aliphatic heterocycles. The van der Waals surface area contributed by atoms with Gasteiger partial charge in [-0.25, -0.2) is 0 Å². The molecule has 0 radical (unpaired) electrons. The van der Waals surface area contributed by atoms with Crippen molar-refractivity contribution in [1.82, 2.24) is 0 Å². The second-order valence-corrected chi connectivity index (χ2v) is 4.95. The zero-order valence-electron chi connectivity index (χ0n) is 11.6. The van der Waals surface area contributed by atoms with Crippen LogP contribution in [0.15, 0.2) is 36.4 Å². The summed E-state index contributed by atoms with van der Waals surface area (Å²) in [5.41, 5.74) is 2.86. The lowest BCUT2D eigenvalue weighted by Gasteiger charge is -2.13. The first kappa shape index (κ1) is 14.5. The van der Waals surface area contributed by atoms with Gasteiger partial charge in [0.05, 0.1) is 6.61 Å². The largest absolute Gasteiger partial charge is 0.504 e. The van der Waals surface area contributed by atoms with E-state index in [-0.39, 0.29) is 5.75 Å². The molecule has 0 saturated heterocycles. The lowest BCUT2D eigenvalue weighted by Crippen LogP contribution is -2.02. The Bertz CT molecular complexity index is 599. The molecule has 2 aromatic rings. The van der Waals surface area contributed by atoms with Crippen LogP contribution in [0.2, 0.25) is 5.02 Å². The van der Waals surface area contributed by atoms with Crippen LogP contribution in [0.4, 0.5) is 5.69 Å². The Morgan fingerprint density at radius 3 is 2.75 bits per heavy atom. The standard InChI is InChI=1S/C16H18ClNO2/c1-3-20-15-6-4-5-12(16(15)19)10-18-14-8-7-13(17)9-11(14)2/h4-9,18-19H,3,10H2,1-2H3. The molecular weight excluding hydrogens is 274 g/mol. The van der Waals surface area contributed by atoms with Crippen molar-refractivity contribution in [2.45, 2.75) is 20.4 Å². The number of aromatic hydroxyl groups is 1. The van der Waals surface area contributed by atoms with Gasteiger partial charge in [0, 0.05) is 22.8 Å². The molecule has 0 spiro atoms.